The van der Waals surface area contributed by atoms with Crippen molar-refractivity contribution in [3.63, 3.8) is 0 Å². The molecule has 1 saturated carbocycles. The van der Waals surface area contributed by atoms with Crippen LogP contribution in [0.4, 0.5) is 4.79 Å². The zero-order chi connectivity index (χ0) is 20.1. The summed E-state index contributed by atoms with van der Waals surface area (Å²) in [5, 5.41) is 21.1. The minimum Gasteiger partial charge on any atom is -0.476 e. The average molecular weight is 427 g/mol. The largest absolute Gasteiger partial charge is 0.476 e. The number of thioether (sulfide) groups is 1. The van der Waals surface area contributed by atoms with Crippen molar-refractivity contribution in [1.82, 2.24) is 9.88 Å². The molecule has 2 atom stereocenters. The van der Waals surface area contributed by atoms with Crippen molar-refractivity contribution in [1.29, 1.82) is 0 Å². The predicted octanol–water partition coefficient (Wildman–Crippen LogP) is 3.78. The number of carboxylic acids is 1. The fourth-order valence-corrected chi connectivity index (χ4v) is 5.48. The van der Waals surface area contributed by atoms with Crippen molar-refractivity contribution in [3.05, 3.63) is 23.2 Å². The molecule has 0 aromatic carbocycles. The summed E-state index contributed by atoms with van der Waals surface area (Å²) in [6.07, 6.45) is 8.95. The predicted molar refractivity (Wildman–Crippen MR) is 108 cm³/mol. The Balaban J connectivity index is 1.53. The van der Waals surface area contributed by atoms with Crippen LogP contribution in [0, 0.1) is 0 Å². The molecule has 1 aromatic rings. The first-order chi connectivity index (χ1) is 13.4. The molecule has 1 aromatic heterocycles. The van der Waals surface area contributed by atoms with Crippen LogP contribution in [0.25, 0.3) is 0 Å². The molecule has 2 aliphatic rings. The van der Waals surface area contributed by atoms with Crippen LogP contribution >= 0.6 is 23.1 Å². The van der Waals surface area contributed by atoms with Crippen molar-refractivity contribution in [2.45, 2.75) is 67.5 Å². The van der Waals surface area contributed by atoms with E-state index in [0.29, 0.717) is 23.1 Å². The lowest BCUT2D eigenvalue weighted by Gasteiger charge is -2.31. The van der Waals surface area contributed by atoms with E-state index in [9.17, 15) is 14.7 Å². The molecular formula is C19H26N2O5S2. The van der Waals surface area contributed by atoms with E-state index < -0.39 is 11.6 Å². The third-order valence-electron chi connectivity index (χ3n) is 5.24. The van der Waals surface area contributed by atoms with E-state index in [1.54, 1.807) is 4.90 Å². The highest BCUT2D eigenvalue weighted by molar-refractivity contribution is 8.01. The van der Waals surface area contributed by atoms with Crippen LogP contribution in [0.15, 0.2) is 21.9 Å². The third kappa shape index (κ3) is 5.27. The summed E-state index contributed by atoms with van der Waals surface area (Å²) in [7, 11) is 0. The van der Waals surface area contributed by atoms with Crippen LogP contribution in [-0.2, 0) is 4.74 Å². The van der Waals surface area contributed by atoms with Gasteiger partial charge < -0.3 is 14.9 Å². The van der Waals surface area contributed by atoms with Crippen molar-refractivity contribution in [2.24, 2.45) is 0 Å². The summed E-state index contributed by atoms with van der Waals surface area (Å²) in [5.41, 5.74) is -0.572. The van der Waals surface area contributed by atoms with E-state index in [1.165, 1.54) is 34.9 Å². The monoisotopic (exact) mass is 426 g/mol. The Morgan fingerprint density at radius 2 is 2.21 bits per heavy atom. The van der Waals surface area contributed by atoms with Crippen LogP contribution in [0.1, 0.15) is 55.9 Å². The molecule has 2 heterocycles. The number of nitrogens with zero attached hydrogens (tertiary/aromatic N) is 2. The molecular weight excluding hydrogens is 400 g/mol. The van der Waals surface area contributed by atoms with Crippen molar-refractivity contribution in [2.75, 3.05) is 12.3 Å². The fourth-order valence-electron chi connectivity index (χ4n) is 3.67. The smallest absolute Gasteiger partial charge is 0.410 e. The van der Waals surface area contributed by atoms with Crippen molar-refractivity contribution in [3.8, 4) is 0 Å². The third-order valence-corrected chi connectivity index (χ3v) is 7.24. The zero-order valence-electron chi connectivity index (χ0n) is 15.9. The number of aromatic nitrogens is 1. The first-order valence-electron chi connectivity index (χ1n) is 9.56. The number of thiazole rings is 1. The molecule has 9 heteroatoms. The Bertz CT molecular complexity index is 730. The normalized spacial score (nSPS) is 24.6. The number of carbonyl (C=O) groups is 2. The molecule has 1 amide bonds. The van der Waals surface area contributed by atoms with Gasteiger partial charge >= 0.3 is 12.1 Å². The van der Waals surface area contributed by atoms with E-state index >= 15 is 0 Å². The lowest BCUT2D eigenvalue weighted by atomic mass is 9.82. The lowest BCUT2D eigenvalue weighted by molar-refractivity contribution is 0.00680. The number of aliphatic hydroxyl groups is 1. The number of hydrogen-bond donors (Lipinski definition) is 2. The number of amides is 1. The molecule has 2 N–H and O–H groups in total. The van der Waals surface area contributed by atoms with E-state index in [4.69, 9.17) is 9.84 Å². The first kappa shape index (κ1) is 21.1. The Labute approximate surface area is 172 Å². The molecule has 1 saturated heterocycles. The molecule has 28 heavy (non-hydrogen) atoms. The number of ether oxygens (including phenoxy) is 1. The lowest BCUT2D eigenvalue weighted by Crippen LogP contribution is -2.36. The maximum Gasteiger partial charge on any atom is 0.410 e. The summed E-state index contributed by atoms with van der Waals surface area (Å²) < 4.78 is 6.04. The van der Waals surface area contributed by atoms with E-state index in [2.05, 4.69) is 4.98 Å². The number of hydrogen-bond acceptors (Lipinski definition) is 7. The van der Waals surface area contributed by atoms with Crippen LogP contribution in [-0.4, -0.2) is 62.2 Å². The van der Waals surface area contributed by atoms with Gasteiger partial charge in [-0.3, -0.25) is 4.90 Å². The van der Waals surface area contributed by atoms with Gasteiger partial charge in [0.25, 0.3) is 0 Å². The molecule has 0 unspecified atom stereocenters. The number of carboxylic acid groups (broad SMARTS) is 1. The Hall–Kier alpha value is -1.58. The van der Waals surface area contributed by atoms with Gasteiger partial charge in [-0.25, -0.2) is 14.6 Å². The Morgan fingerprint density at radius 1 is 1.46 bits per heavy atom. The Morgan fingerprint density at radius 3 is 2.89 bits per heavy atom. The highest BCUT2D eigenvalue weighted by Crippen LogP contribution is 2.32. The van der Waals surface area contributed by atoms with Gasteiger partial charge in [-0.1, -0.05) is 43.2 Å². The number of cyclic esters (lactones) is 1. The van der Waals surface area contributed by atoms with Gasteiger partial charge in [0.2, 0.25) is 0 Å². The molecule has 1 aliphatic heterocycles. The zero-order valence-corrected chi connectivity index (χ0v) is 17.5. The summed E-state index contributed by atoms with van der Waals surface area (Å²) in [6.45, 7) is 2.35. The van der Waals surface area contributed by atoms with Crippen molar-refractivity contribution >= 4 is 35.2 Å². The topological polar surface area (TPSA) is 100.0 Å². The highest BCUT2D eigenvalue weighted by Gasteiger charge is 2.37. The quantitative estimate of drug-likeness (QED) is 0.482. The van der Waals surface area contributed by atoms with Gasteiger partial charge in [0.15, 0.2) is 10.0 Å². The van der Waals surface area contributed by atoms with Gasteiger partial charge in [-0.05, 0) is 26.2 Å². The van der Waals surface area contributed by atoms with Gasteiger partial charge in [0.1, 0.15) is 6.10 Å². The Kier molecular flexibility index (Phi) is 7.00. The summed E-state index contributed by atoms with van der Waals surface area (Å²) in [5.74, 6) is -0.437. The van der Waals surface area contributed by atoms with Crippen LogP contribution < -0.4 is 0 Å². The second kappa shape index (κ2) is 9.28. The van der Waals surface area contributed by atoms with Gasteiger partial charge in [-0.15, -0.1) is 11.3 Å². The molecule has 0 spiro atoms. The van der Waals surface area contributed by atoms with Crippen molar-refractivity contribution < 1.29 is 24.5 Å². The van der Waals surface area contributed by atoms with Gasteiger partial charge in [0.05, 0.1) is 11.6 Å². The highest BCUT2D eigenvalue weighted by atomic mass is 32.2. The maximum atomic E-state index is 12.2. The van der Waals surface area contributed by atoms with Crippen LogP contribution in [0.5, 0.6) is 0 Å². The van der Waals surface area contributed by atoms with E-state index in [0.717, 1.165) is 25.7 Å². The standard InChI is InChI=1S/C19H26N2O5S2/c1-13-15(6-5-9-19(25)7-3-2-4-8-19)21(18(24)26-13)10-11-27-17-20-14(12-28-17)16(22)23/h5-6,12-13,15,25H,2-4,7-11H2,1H3,(H,22,23)/b6-5+/t13-,15-/m0/s1. The summed E-state index contributed by atoms with van der Waals surface area (Å²) in [6, 6.07) is -0.161. The molecule has 0 bridgehead atoms. The number of rotatable bonds is 8. The molecule has 2 fully saturated rings. The van der Waals surface area contributed by atoms with E-state index in [-0.39, 0.29) is 23.9 Å². The molecule has 7 nitrogen and oxygen atoms in total. The molecule has 0 radical (unpaired) electrons. The second-order valence-corrected chi connectivity index (χ2v) is 9.54. The molecule has 3 rings (SSSR count). The number of aromatic carboxylic acids is 1. The van der Waals surface area contributed by atoms with Gasteiger partial charge in [0, 0.05) is 17.7 Å². The van der Waals surface area contributed by atoms with E-state index in [1.807, 2.05) is 19.1 Å². The van der Waals surface area contributed by atoms with Gasteiger partial charge in [-0.2, -0.15) is 0 Å². The minimum atomic E-state index is -1.04. The van der Waals surface area contributed by atoms with Crippen LogP contribution in [0.3, 0.4) is 0 Å². The van der Waals surface area contributed by atoms with Crippen LogP contribution in [0.2, 0.25) is 0 Å². The first-order valence-corrected chi connectivity index (χ1v) is 11.4. The summed E-state index contributed by atoms with van der Waals surface area (Å²) >= 11 is 2.71. The molecule has 1 aliphatic carbocycles. The SMILES string of the molecule is C[C@@H]1OC(=O)N(CCSc2nc(C(=O)O)cs2)[C@H]1/C=C/CC1(O)CCCCC1. The second-order valence-electron chi connectivity index (χ2n) is 7.34. The fraction of sp³-hybridized carbons (Fsp3) is 0.632. The summed E-state index contributed by atoms with van der Waals surface area (Å²) in [4.78, 5) is 28.8. The average Bonchev–Trinajstić information content (AvgIpc) is 3.22. The number of carbonyl (C=O) groups excluding carboxylic acids is 1. The minimum absolute atomic E-state index is 0.0446. The molecule has 154 valence electrons. The maximum absolute atomic E-state index is 12.2.